The fourth-order valence-electron chi connectivity index (χ4n) is 7.79. The number of nitrogens with zero attached hydrogens (tertiary/aromatic N) is 3. The van der Waals surface area contributed by atoms with Crippen molar-refractivity contribution in [2.75, 3.05) is 4.90 Å². The summed E-state index contributed by atoms with van der Waals surface area (Å²) in [6.45, 7) is 0. The third-order valence-corrected chi connectivity index (χ3v) is 9.85. The van der Waals surface area contributed by atoms with Crippen LogP contribution in [0.2, 0.25) is 0 Å². The molecule has 0 unspecified atom stereocenters. The highest BCUT2D eigenvalue weighted by molar-refractivity contribution is 6.19. The Balaban J connectivity index is 1.34. The first-order valence-corrected chi connectivity index (χ1v) is 16.8. The lowest BCUT2D eigenvalue weighted by Crippen LogP contribution is -2.12. The van der Waals surface area contributed by atoms with Crippen molar-refractivity contribution in [1.29, 1.82) is 0 Å². The number of aromatic nitrogens is 2. The molecule has 0 bridgehead atoms. The van der Waals surface area contributed by atoms with E-state index in [0.717, 1.165) is 28.4 Å². The van der Waals surface area contributed by atoms with Gasteiger partial charge in [0.2, 0.25) is 0 Å². The highest BCUT2D eigenvalue weighted by atomic mass is 15.2. The maximum absolute atomic E-state index is 2.46. The van der Waals surface area contributed by atoms with Gasteiger partial charge in [0, 0.05) is 38.6 Å². The first kappa shape index (κ1) is 27.5. The third kappa shape index (κ3) is 4.23. The van der Waals surface area contributed by atoms with Gasteiger partial charge < -0.3 is 14.0 Å². The molecule has 0 amide bonds. The van der Waals surface area contributed by atoms with Crippen LogP contribution in [-0.4, -0.2) is 9.13 Å². The average Bonchev–Trinajstić information content (AvgIpc) is 3.70. The topological polar surface area (TPSA) is 13.1 Å². The van der Waals surface area contributed by atoms with Gasteiger partial charge in [-0.1, -0.05) is 121 Å². The molecule has 0 fully saturated rings. The van der Waals surface area contributed by atoms with Gasteiger partial charge in [-0.15, -0.1) is 0 Å². The Morgan fingerprint density at radius 1 is 0.347 bits per heavy atom. The van der Waals surface area contributed by atoms with Crippen molar-refractivity contribution in [3.8, 4) is 11.4 Å². The molecule has 0 saturated heterocycles. The summed E-state index contributed by atoms with van der Waals surface area (Å²) in [5, 5.41) is 7.36. The molecule has 0 atom stereocenters. The van der Waals surface area contributed by atoms with Crippen LogP contribution in [0.1, 0.15) is 0 Å². The summed E-state index contributed by atoms with van der Waals surface area (Å²) in [6, 6.07) is 68.0. The minimum absolute atomic E-state index is 1.11. The van der Waals surface area contributed by atoms with E-state index >= 15 is 0 Å². The summed E-state index contributed by atoms with van der Waals surface area (Å²) in [4.78, 5) is 2.46. The van der Waals surface area contributed by atoms with Gasteiger partial charge in [0.05, 0.1) is 33.4 Å². The van der Waals surface area contributed by atoms with E-state index in [4.69, 9.17) is 0 Å². The lowest BCUT2D eigenvalue weighted by molar-refractivity contribution is 1.17. The first-order valence-electron chi connectivity index (χ1n) is 16.8. The van der Waals surface area contributed by atoms with Crippen LogP contribution in [0, 0.1) is 0 Å². The highest BCUT2D eigenvalue weighted by Crippen LogP contribution is 2.47. The SMILES string of the molecule is c1ccc(N(c2cccc3c2c2ccccc2n3-c2ccccc2)c2cccc3c4ccccc4n(-c4ccc5ccccc5c4)c23)cc1. The molecular formula is C46H31N3. The smallest absolute Gasteiger partial charge is 0.0782 e. The van der Waals surface area contributed by atoms with Crippen molar-refractivity contribution in [3.63, 3.8) is 0 Å². The number of hydrogen-bond acceptors (Lipinski definition) is 1. The molecule has 0 radical (unpaired) electrons. The summed E-state index contributed by atoms with van der Waals surface area (Å²) in [6.07, 6.45) is 0. The minimum atomic E-state index is 1.11. The van der Waals surface area contributed by atoms with Crippen LogP contribution in [0.25, 0.3) is 65.8 Å². The van der Waals surface area contributed by atoms with Crippen LogP contribution < -0.4 is 4.90 Å². The Morgan fingerprint density at radius 2 is 0.939 bits per heavy atom. The van der Waals surface area contributed by atoms with E-state index in [-0.39, 0.29) is 0 Å². The van der Waals surface area contributed by atoms with Crippen molar-refractivity contribution >= 4 is 71.4 Å². The van der Waals surface area contributed by atoms with Gasteiger partial charge in [-0.3, -0.25) is 0 Å². The standard InChI is InChI=1S/C46H31N3/c1-3-17-34(18-4-1)47-41-25-12-10-22-39(41)45-42(47)26-14-27-43(45)48(35-19-5-2-6-20-35)44-28-13-23-38-37-21-9-11-24-40(37)49(46(38)44)36-30-29-32-15-7-8-16-33(32)31-36/h1-31H. The van der Waals surface area contributed by atoms with E-state index in [1.807, 2.05) is 0 Å². The predicted octanol–water partition coefficient (Wildman–Crippen LogP) is 12.5. The Bertz CT molecular complexity index is 2830. The summed E-state index contributed by atoms with van der Waals surface area (Å²) in [7, 11) is 0. The highest BCUT2D eigenvalue weighted by Gasteiger charge is 2.24. The van der Waals surface area contributed by atoms with Crippen LogP contribution in [0.4, 0.5) is 17.1 Å². The molecule has 3 nitrogen and oxygen atoms in total. The van der Waals surface area contributed by atoms with Crippen LogP contribution >= 0.6 is 0 Å². The first-order chi connectivity index (χ1) is 24.3. The Labute approximate surface area is 284 Å². The zero-order chi connectivity index (χ0) is 32.3. The Kier molecular flexibility index (Phi) is 6.18. The van der Waals surface area contributed by atoms with E-state index in [2.05, 4.69) is 202 Å². The molecule has 3 heteroatoms. The van der Waals surface area contributed by atoms with Crippen LogP contribution in [0.5, 0.6) is 0 Å². The van der Waals surface area contributed by atoms with Crippen LogP contribution in [0.3, 0.4) is 0 Å². The second-order valence-corrected chi connectivity index (χ2v) is 12.6. The summed E-state index contributed by atoms with van der Waals surface area (Å²) in [5.41, 5.74) is 10.4. The monoisotopic (exact) mass is 625 g/mol. The lowest BCUT2D eigenvalue weighted by atomic mass is 10.1. The molecule has 0 saturated carbocycles. The van der Waals surface area contributed by atoms with E-state index < -0.39 is 0 Å². The predicted molar refractivity (Wildman–Crippen MR) is 207 cm³/mol. The zero-order valence-electron chi connectivity index (χ0n) is 26.7. The van der Waals surface area contributed by atoms with E-state index in [0.29, 0.717) is 0 Å². The molecule has 0 N–H and O–H groups in total. The number of para-hydroxylation sites is 5. The fourth-order valence-corrected chi connectivity index (χ4v) is 7.79. The number of rotatable bonds is 5. The van der Waals surface area contributed by atoms with Gasteiger partial charge in [-0.05, 0) is 77.5 Å². The molecule has 0 aliphatic heterocycles. The molecule has 0 aliphatic rings. The third-order valence-electron chi connectivity index (χ3n) is 9.85. The van der Waals surface area contributed by atoms with E-state index in [9.17, 15) is 0 Å². The van der Waals surface area contributed by atoms with Crippen molar-refractivity contribution < 1.29 is 0 Å². The number of hydrogen-bond donors (Lipinski definition) is 0. The molecule has 0 spiro atoms. The van der Waals surface area contributed by atoms with Gasteiger partial charge in [-0.25, -0.2) is 0 Å². The maximum Gasteiger partial charge on any atom is 0.0782 e. The van der Waals surface area contributed by atoms with E-state index in [1.165, 1.54) is 54.4 Å². The van der Waals surface area contributed by atoms with Gasteiger partial charge in [0.15, 0.2) is 0 Å². The zero-order valence-corrected chi connectivity index (χ0v) is 26.7. The van der Waals surface area contributed by atoms with Gasteiger partial charge in [0.25, 0.3) is 0 Å². The fraction of sp³-hybridized carbons (Fsp3) is 0. The minimum Gasteiger partial charge on any atom is -0.309 e. The molecule has 8 aromatic carbocycles. The van der Waals surface area contributed by atoms with Crippen molar-refractivity contribution in [2.45, 2.75) is 0 Å². The van der Waals surface area contributed by atoms with Gasteiger partial charge >= 0.3 is 0 Å². The summed E-state index contributed by atoms with van der Waals surface area (Å²) < 4.78 is 4.85. The van der Waals surface area contributed by atoms with Crippen molar-refractivity contribution in [2.24, 2.45) is 0 Å². The second-order valence-electron chi connectivity index (χ2n) is 12.6. The van der Waals surface area contributed by atoms with Crippen molar-refractivity contribution in [1.82, 2.24) is 9.13 Å². The Morgan fingerprint density at radius 3 is 1.76 bits per heavy atom. The summed E-state index contributed by atoms with van der Waals surface area (Å²) >= 11 is 0. The quantitative estimate of drug-likeness (QED) is 0.185. The Hall–Kier alpha value is -6.58. The second kappa shape index (κ2) is 11.0. The molecule has 10 rings (SSSR count). The number of anilines is 3. The number of benzene rings is 8. The molecule has 230 valence electrons. The normalized spacial score (nSPS) is 11.7. The number of fused-ring (bicyclic) bond motifs is 7. The van der Waals surface area contributed by atoms with Gasteiger partial charge in [-0.2, -0.15) is 0 Å². The molecule has 49 heavy (non-hydrogen) atoms. The van der Waals surface area contributed by atoms with Crippen LogP contribution in [-0.2, 0) is 0 Å². The average molecular weight is 626 g/mol. The molecule has 10 aromatic rings. The van der Waals surface area contributed by atoms with E-state index in [1.54, 1.807) is 0 Å². The van der Waals surface area contributed by atoms with Gasteiger partial charge in [0.1, 0.15) is 0 Å². The summed E-state index contributed by atoms with van der Waals surface area (Å²) in [5.74, 6) is 0. The molecular weight excluding hydrogens is 595 g/mol. The van der Waals surface area contributed by atoms with Crippen molar-refractivity contribution in [3.05, 3.63) is 188 Å². The lowest BCUT2D eigenvalue weighted by Gasteiger charge is -2.28. The molecule has 2 aromatic heterocycles. The largest absolute Gasteiger partial charge is 0.309 e. The van der Waals surface area contributed by atoms with Crippen LogP contribution in [0.15, 0.2) is 188 Å². The molecule has 2 heterocycles. The maximum atomic E-state index is 2.46. The molecule has 0 aliphatic carbocycles.